The molecule has 1 amide bonds. The van der Waals surface area contributed by atoms with Gasteiger partial charge in [-0.25, -0.2) is 9.97 Å². The maximum Gasteiger partial charge on any atom is 0.251 e. The number of amides is 1. The number of imidazole rings is 1. The van der Waals surface area contributed by atoms with Gasteiger partial charge in [0.05, 0.1) is 17.3 Å². The Morgan fingerprint density at radius 1 is 1.21 bits per heavy atom. The number of carbonyl (C=O) groups is 1. The highest BCUT2D eigenvalue weighted by Gasteiger charge is 2.41. The molecule has 1 fully saturated rings. The van der Waals surface area contributed by atoms with Gasteiger partial charge in [0.2, 0.25) is 5.88 Å². The quantitative estimate of drug-likeness (QED) is 0.461. The minimum atomic E-state index is -0.222. The Labute approximate surface area is 196 Å². The molecule has 1 aliphatic rings. The van der Waals surface area contributed by atoms with E-state index in [1.165, 1.54) is 6.33 Å². The highest BCUT2D eigenvalue weighted by Crippen LogP contribution is 2.41. The first-order valence-electron chi connectivity index (χ1n) is 10.7. The van der Waals surface area contributed by atoms with E-state index in [1.54, 1.807) is 31.4 Å². The first kappa shape index (κ1) is 21.3. The average Bonchev–Trinajstić information content (AvgIpc) is 3.42. The molecule has 33 heavy (non-hydrogen) atoms. The summed E-state index contributed by atoms with van der Waals surface area (Å²) >= 11 is 6.59. The van der Waals surface area contributed by atoms with Crippen molar-refractivity contribution in [2.24, 2.45) is 0 Å². The van der Waals surface area contributed by atoms with E-state index in [-0.39, 0.29) is 11.5 Å². The molecular weight excluding hydrogens is 440 g/mol. The van der Waals surface area contributed by atoms with Gasteiger partial charge in [0, 0.05) is 24.4 Å². The summed E-state index contributed by atoms with van der Waals surface area (Å²) < 4.78 is 8.11. The van der Waals surface area contributed by atoms with Gasteiger partial charge in [-0.1, -0.05) is 11.6 Å². The van der Waals surface area contributed by atoms with Crippen molar-refractivity contribution in [1.29, 1.82) is 0 Å². The largest absolute Gasteiger partial charge is 0.470 e. The highest BCUT2D eigenvalue weighted by molar-refractivity contribution is 6.33. The third kappa shape index (κ3) is 4.14. The Hall–Kier alpha value is -3.52. The fraction of sp³-hybridized carbons (Fsp3) is 0.292. The molecule has 0 unspecified atom stereocenters. The van der Waals surface area contributed by atoms with Crippen molar-refractivity contribution < 1.29 is 9.53 Å². The second-order valence-corrected chi connectivity index (χ2v) is 8.93. The molecule has 1 aliphatic carbocycles. The van der Waals surface area contributed by atoms with Crippen molar-refractivity contribution >= 4 is 28.7 Å². The zero-order valence-corrected chi connectivity index (χ0v) is 19.3. The van der Waals surface area contributed by atoms with Gasteiger partial charge in [0.25, 0.3) is 5.91 Å². The molecule has 5 rings (SSSR count). The molecular formula is C24H23ClN6O2. The van der Waals surface area contributed by atoms with Gasteiger partial charge in [-0.3, -0.25) is 9.78 Å². The lowest BCUT2D eigenvalue weighted by Gasteiger charge is -2.12. The second kappa shape index (κ2) is 8.12. The first-order valence-corrected chi connectivity index (χ1v) is 11.1. The Bertz CT molecular complexity index is 1380. The number of halogens is 1. The monoisotopic (exact) mass is 462 g/mol. The van der Waals surface area contributed by atoms with E-state index < -0.39 is 0 Å². The molecule has 3 heterocycles. The maximum atomic E-state index is 12.3. The van der Waals surface area contributed by atoms with Crippen molar-refractivity contribution in [1.82, 2.24) is 29.8 Å². The van der Waals surface area contributed by atoms with Crippen LogP contribution in [-0.2, 0) is 6.54 Å². The molecule has 9 heteroatoms. The molecule has 0 radical (unpaired) electrons. The van der Waals surface area contributed by atoms with E-state index in [2.05, 4.69) is 27.2 Å². The van der Waals surface area contributed by atoms with Crippen LogP contribution in [-0.4, -0.2) is 43.1 Å². The van der Waals surface area contributed by atoms with Crippen LogP contribution in [0, 0.1) is 6.92 Å². The van der Waals surface area contributed by atoms with Crippen LogP contribution >= 0.6 is 11.6 Å². The number of benzene rings is 1. The number of carbonyl (C=O) groups excluding carboxylic acids is 1. The van der Waals surface area contributed by atoms with Crippen LogP contribution in [0.3, 0.4) is 0 Å². The number of nitrogens with zero attached hydrogens (tertiary/aromatic N) is 5. The molecule has 0 aliphatic heterocycles. The average molecular weight is 463 g/mol. The van der Waals surface area contributed by atoms with Crippen LogP contribution in [0.1, 0.15) is 41.4 Å². The zero-order chi connectivity index (χ0) is 23.2. The predicted octanol–water partition coefficient (Wildman–Crippen LogP) is 4.19. The lowest BCUT2D eigenvalue weighted by molar-refractivity contribution is 0.0963. The molecule has 3 aromatic heterocycles. The molecule has 4 aromatic rings. The van der Waals surface area contributed by atoms with Crippen LogP contribution in [0.4, 0.5) is 0 Å². The molecule has 1 saturated carbocycles. The van der Waals surface area contributed by atoms with E-state index in [0.717, 1.165) is 24.1 Å². The van der Waals surface area contributed by atoms with Crippen LogP contribution < -0.4 is 10.1 Å². The highest BCUT2D eigenvalue weighted by atomic mass is 35.5. The van der Waals surface area contributed by atoms with Gasteiger partial charge in [-0.15, -0.1) is 0 Å². The van der Waals surface area contributed by atoms with Crippen LogP contribution in [0.2, 0.25) is 5.02 Å². The Morgan fingerprint density at radius 3 is 2.76 bits per heavy atom. The van der Waals surface area contributed by atoms with Crippen LogP contribution in [0.25, 0.3) is 22.6 Å². The summed E-state index contributed by atoms with van der Waals surface area (Å²) in [6, 6.07) is 9.08. The molecule has 0 saturated heterocycles. The standard InChI is InChI=1S/C24H23ClN6O2/c1-14-6-9-27-16(10-14)12-31-20(17-11-15(22(32)26-3)4-5-18(17)25)30-19-21(31)28-13-29-23(19)33-24(2)7-8-24/h4-6,9-11,13H,7-8,12H2,1-3H3,(H,26,32). The van der Waals surface area contributed by atoms with E-state index in [1.807, 2.05) is 23.6 Å². The van der Waals surface area contributed by atoms with Gasteiger partial charge in [0.1, 0.15) is 17.8 Å². The van der Waals surface area contributed by atoms with E-state index in [0.29, 0.717) is 45.6 Å². The lowest BCUT2D eigenvalue weighted by atomic mass is 10.1. The van der Waals surface area contributed by atoms with Crippen molar-refractivity contribution in [3.63, 3.8) is 0 Å². The fourth-order valence-electron chi connectivity index (χ4n) is 3.69. The number of hydrogen-bond donors (Lipinski definition) is 1. The Balaban J connectivity index is 1.71. The van der Waals surface area contributed by atoms with Gasteiger partial charge in [-0.2, -0.15) is 4.98 Å². The van der Waals surface area contributed by atoms with Gasteiger partial charge in [-0.05, 0) is 62.6 Å². The first-order chi connectivity index (χ1) is 15.9. The summed E-state index contributed by atoms with van der Waals surface area (Å²) in [5.41, 5.74) is 4.00. The second-order valence-electron chi connectivity index (χ2n) is 8.52. The maximum absolute atomic E-state index is 12.3. The number of pyridine rings is 1. The predicted molar refractivity (Wildman–Crippen MR) is 126 cm³/mol. The summed E-state index contributed by atoms with van der Waals surface area (Å²) in [5.74, 6) is 0.799. The number of aryl methyl sites for hydroxylation is 1. The Morgan fingerprint density at radius 2 is 2.03 bits per heavy atom. The van der Waals surface area contributed by atoms with Gasteiger partial charge >= 0.3 is 0 Å². The van der Waals surface area contributed by atoms with E-state index >= 15 is 0 Å². The summed E-state index contributed by atoms with van der Waals surface area (Å²) in [7, 11) is 1.59. The van der Waals surface area contributed by atoms with Gasteiger partial charge < -0.3 is 14.6 Å². The van der Waals surface area contributed by atoms with Crippen LogP contribution in [0.5, 0.6) is 5.88 Å². The summed E-state index contributed by atoms with van der Waals surface area (Å²) in [5, 5.41) is 3.12. The minimum absolute atomic E-state index is 0.207. The van der Waals surface area contributed by atoms with Crippen molar-refractivity contribution in [2.75, 3.05) is 7.05 Å². The van der Waals surface area contributed by atoms with Crippen molar-refractivity contribution in [3.8, 4) is 17.3 Å². The topological polar surface area (TPSA) is 94.8 Å². The summed E-state index contributed by atoms with van der Waals surface area (Å²) in [6.45, 7) is 4.49. The fourth-order valence-corrected chi connectivity index (χ4v) is 3.89. The molecule has 8 nitrogen and oxygen atoms in total. The minimum Gasteiger partial charge on any atom is -0.470 e. The summed E-state index contributed by atoms with van der Waals surface area (Å²) in [4.78, 5) is 30.5. The summed E-state index contributed by atoms with van der Waals surface area (Å²) in [6.07, 6.45) is 5.20. The SMILES string of the molecule is CNC(=O)c1ccc(Cl)c(-c2nc3c(OC4(C)CC4)ncnc3n2Cc2cc(C)ccn2)c1. The van der Waals surface area contributed by atoms with Crippen LogP contribution in [0.15, 0.2) is 42.9 Å². The molecule has 1 N–H and O–H groups in total. The smallest absolute Gasteiger partial charge is 0.251 e. The molecule has 0 spiro atoms. The number of ether oxygens (including phenoxy) is 1. The molecule has 1 aromatic carbocycles. The van der Waals surface area contributed by atoms with E-state index in [9.17, 15) is 4.79 Å². The van der Waals surface area contributed by atoms with Crippen molar-refractivity contribution in [2.45, 2.75) is 38.8 Å². The number of aromatic nitrogens is 5. The zero-order valence-electron chi connectivity index (χ0n) is 18.6. The Kier molecular flexibility index (Phi) is 5.25. The molecule has 0 atom stereocenters. The third-order valence-corrected chi connectivity index (χ3v) is 6.11. The lowest BCUT2D eigenvalue weighted by Crippen LogP contribution is -2.17. The van der Waals surface area contributed by atoms with Gasteiger partial charge in [0.15, 0.2) is 11.2 Å². The number of rotatable bonds is 6. The van der Waals surface area contributed by atoms with E-state index in [4.69, 9.17) is 21.3 Å². The van der Waals surface area contributed by atoms with Crippen molar-refractivity contribution in [3.05, 3.63) is 64.7 Å². The number of fused-ring (bicyclic) bond motifs is 1. The molecule has 0 bridgehead atoms. The third-order valence-electron chi connectivity index (χ3n) is 5.78. The normalized spacial score (nSPS) is 14.3. The number of hydrogen-bond acceptors (Lipinski definition) is 6. The molecule has 168 valence electrons. The number of nitrogens with one attached hydrogen (secondary N) is 1.